The van der Waals surface area contributed by atoms with Crippen molar-refractivity contribution in [2.24, 2.45) is 11.8 Å². The molecule has 2 rings (SSSR count). The summed E-state index contributed by atoms with van der Waals surface area (Å²) in [5.41, 5.74) is 0. The highest BCUT2D eigenvalue weighted by molar-refractivity contribution is 4.80. The van der Waals surface area contributed by atoms with E-state index in [1.54, 1.807) is 0 Å². The number of hydrogen-bond acceptors (Lipinski definition) is 2. The van der Waals surface area contributed by atoms with Crippen LogP contribution in [0.15, 0.2) is 0 Å². The van der Waals surface area contributed by atoms with Crippen molar-refractivity contribution in [2.75, 3.05) is 6.54 Å². The maximum absolute atomic E-state index is 10.2. The zero-order chi connectivity index (χ0) is 15.6. The molecule has 4 unspecified atom stereocenters. The first-order chi connectivity index (χ1) is 10.8. The van der Waals surface area contributed by atoms with Crippen LogP contribution in [0.25, 0.3) is 0 Å². The van der Waals surface area contributed by atoms with Gasteiger partial charge in [-0.1, -0.05) is 58.3 Å². The summed E-state index contributed by atoms with van der Waals surface area (Å²) in [5, 5.41) is 14.1. The van der Waals surface area contributed by atoms with Crippen LogP contribution in [0.2, 0.25) is 0 Å². The van der Waals surface area contributed by atoms with Crippen molar-refractivity contribution in [3.8, 4) is 0 Å². The standard InChI is InChI=1S/C20H39NO/c1-17-10-6-2-5-9-13-20(21-16-17)18-11-7-3-4-8-12-19(22)15-14-18/h17-22H,2-16H2,1H3. The van der Waals surface area contributed by atoms with Crippen LogP contribution in [-0.2, 0) is 0 Å². The van der Waals surface area contributed by atoms with Crippen LogP contribution in [0.1, 0.15) is 96.8 Å². The molecule has 2 nitrogen and oxygen atoms in total. The lowest BCUT2D eigenvalue weighted by molar-refractivity contribution is 0.130. The number of rotatable bonds is 1. The molecule has 1 saturated carbocycles. The van der Waals surface area contributed by atoms with Gasteiger partial charge < -0.3 is 10.4 Å². The Morgan fingerprint density at radius 2 is 1.32 bits per heavy atom. The second-order valence-corrected chi connectivity index (χ2v) is 8.09. The average Bonchev–Trinajstić information content (AvgIpc) is 2.53. The summed E-state index contributed by atoms with van der Waals surface area (Å²) in [5.74, 6) is 1.62. The number of nitrogens with one attached hydrogen (secondary N) is 1. The number of hydrogen-bond donors (Lipinski definition) is 2. The Morgan fingerprint density at radius 1 is 0.682 bits per heavy atom. The van der Waals surface area contributed by atoms with Crippen molar-refractivity contribution in [2.45, 2.75) is 109 Å². The lowest BCUT2D eigenvalue weighted by Gasteiger charge is -2.31. The second-order valence-electron chi connectivity index (χ2n) is 8.09. The van der Waals surface area contributed by atoms with E-state index < -0.39 is 0 Å². The van der Waals surface area contributed by atoms with Crippen molar-refractivity contribution >= 4 is 0 Å². The first kappa shape index (κ1) is 18.3. The van der Waals surface area contributed by atoms with Crippen molar-refractivity contribution < 1.29 is 5.11 Å². The Bertz CT molecular complexity index is 253. The first-order valence-corrected chi connectivity index (χ1v) is 10.2. The Morgan fingerprint density at radius 3 is 2.09 bits per heavy atom. The molecule has 2 N–H and O–H groups in total. The van der Waals surface area contributed by atoms with Gasteiger partial charge in [-0.3, -0.25) is 0 Å². The predicted molar refractivity (Wildman–Crippen MR) is 95.1 cm³/mol. The van der Waals surface area contributed by atoms with Crippen LogP contribution in [0.3, 0.4) is 0 Å². The van der Waals surface area contributed by atoms with Gasteiger partial charge in [0.25, 0.3) is 0 Å². The molecule has 1 aliphatic heterocycles. The van der Waals surface area contributed by atoms with E-state index in [9.17, 15) is 5.11 Å². The van der Waals surface area contributed by atoms with Crippen molar-refractivity contribution in [1.29, 1.82) is 0 Å². The highest BCUT2D eigenvalue weighted by Gasteiger charge is 2.23. The van der Waals surface area contributed by atoms with Gasteiger partial charge >= 0.3 is 0 Å². The van der Waals surface area contributed by atoms with E-state index in [2.05, 4.69) is 12.2 Å². The maximum atomic E-state index is 10.2. The van der Waals surface area contributed by atoms with E-state index in [1.807, 2.05) is 0 Å². The third kappa shape index (κ3) is 7.00. The summed E-state index contributed by atoms with van der Waals surface area (Å²) < 4.78 is 0. The summed E-state index contributed by atoms with van der Waals surface area (Å²) in [6, 6.07) is 0.701. The molecule has 2 aliphatic rings. The molecule has 22 heavy (non-hydrogen) atoms. The Balaban J connectivity index is 1.89. The quantitative estimate of drug-likeness (QED) is 0.710. The maximum Gasteiger partial charge on any atom is 0.0540 e. The average molecular weight is 310 g/mol. The van der Waals surface area contributed by atoms with E-state index in [-0.39, 0.29) is 6.10 Å². The third-order valence-electron chi connectivity index (χ3n) is 5.99. The monoisotopic (exact) mass is 309 g/mol. The minimum absolute atomic E-state index is 0.0425. The molecule has 0 aromatic carbocycles. The highest BCUT2D eigenvalue weighted by Crippen LogP contribution is 2.27. The number of aliphatic hydroxyl groups excluding tert-OH is 1. The summed E-state index contributed by atoms with van der Waals surface area (Å²) >= 11 is 0. The van der Waals surface area contributed by atoms with Gasteiger partial charge in [-0.15, -0.1) is 0 Å². The van der Waals surface area contributed by atoms with Crippen LogP contribution < -0.4 is 5.32 Å². The van der Waals surface area contributed by atoms with Gasteiger partial charge in [-0.25, -0.2) is 0 Å². The molecule has 1 aliphatic carbocycles. The Hall–Kier alpha value is -0.0800. The van der Waals surface area contributed by atoms with Crippen LogP contribution in [0.4, 0.5) is 0 Å². The molecule has 0 aromatic heterocycles. The molecular formula is C20H39NO. The molecule has 2 heteroatoms. The van der Waals surface area contributed by atoms with Crippen LogP contribution in [0.5, 0.6) is 0 Å². The molecule has 130 valence electrons. The van der Waals surface area contributed by atoms with Gasteiger partial charge in [0.05, 0.1) is 6.10 Å². The van der Waals surface area contributed by atoms with Gasteiger partial charge in [-0.2, -0.15) is 0 Å². The minimum atomic E-state index is -0.0425. The fraction of sp³-hybridized carbons (Fsp3) is 1.00. The van der Waals surface area contributed by atoms with Crippen LogP contribution >= 0.6 is 0 Å². The lowest BCUT2D eigenvalue weighted by atomic mass is 9.83. The topological polar surface area (TPSA) is 32.3 Å². The van der Waals surface area contributed by atoms with Gasteiger partial charge in [-0.05, 0) is 56.9 Å². The molecule has 0 spiro atoms. The van der Waals surface area contributed by atoms with E-state index in [4.69, 9.17) is 0 Å². The summed E-state index contributed by atoms with van der Waals surface area (Å²) in [7, 11) is 0. The highest BCUT2D eigenvalue weighted by atomic mass is 16.3. The SMILES string of the molecule is CC1CCCCCCC(C2CCCCCCC(O)CC2)NC1. The van der Waals surface area contributed by atoms with E-state index in [1.165, 1.54) is 83.6 Å². The molecule has 0 bridgehead atoms. The zero-order valence-corrected chi connectivity index (χ0v) is 14.9. The van der Waals surface area contributed by atoms with Crippen molar-refractivity contribution in [3.63, 3.8) is 0 Å². The minimum Gasteiger partial charge on any atom is -0.393 e. The van der Waals surface area contributed by atoms with Crippen LogP contribution in [-0.4, -0.2) is 23.8 Å². The molecule has 0 aromatic rings. The molecular weight excluding hydrogens is 270 g/mol. The van der Waals surface area contributed by atoms with Gasteiger partial charge in [0.2, 0.25) is 0 Å². The molecule has 0 amide bonds. The summed E-state index contributed by atoms with van der Waals surface area (Å²) in [6.07, 6.45) is 18.3. The normalized spacial score (nSPS) is 37.4. The van der Waals surface area contributed by atoms with E-state index in [0.29, 0.717) is 6.04 Å². The second kappa shape index (κ2) is 10.6. The number of aliphatic hydroxyl groups is 1. The van der Waals surface area contributed by atoms with Crippen molar-refractivity contribution in [1.82, 2.24) is 5.32 Å². The lowest BCUT2D eigenvalue weighted by Crippen LogP contribution is -2.39. The van der Waals surface area contributed by atoms with E-state index >= 15 is 0 Å². The summed E-state index contributed by atoms with van der Waals surface area (Å²) in [6.45, 7) is 3.60. The zero-order valence-electron chi connectivity index (χ0n) is 14.9. The largest absolute Gasteiger partial charge is 0.393 e. The molecule has 2 fully saturated rings. The Kier molecular flexibility index (Phi) is 8.84. The molecule has 1 saturated heterocycles. The fourth-order valence-electron chi connectivity index (χ4n) is 4.41. The van der Waals surface area contributed by atoms with Crippen molar-refractivity contribution in [3.05, 3.63) is 0 Å². The predicted octanol–water partition coefficient (Wildman–Crippen LogP) is 5.05. The third-order valence-corrected chi connectivity index (χ3v) is 5.99. The smallest absolute Gasteiger partial charge is 0.0540 e. The van der Waals surface area contributed by atoms with Gasteiger partial charge in [0.15, 0.2) is 0 Å². The van der Waals surface area contributed by atoms with Gasteiger partial charge in [0.1, 0.15) is 0 Å². The Labute approximate surface area is 138 Å². The molecule has 1 heterocycles. The van der Waals surface area contributed by atoms with Gasteiger partial charge in [0, 0.05) is 6.04 Å². The van der Waals surface area contributed by atoms with E-state index in [0.717, 1.165) is 24.7 Å². The first-order valence-electron chi connectivity index (χ1n) is 10.2. The summed E-state index contributed by atoms with van der Waals surface area (Å²) in [4.78, 5) is 0. The van der Waals surface area contributed by atoms with Crippen LogP contribution in [0, 0.1) is 11.8 Å². The fourth-order valence-corrected chi connectivity index (χ4v) is 4.41. The molecule has 4 atom stereocenters. The molecule has 0 radical (unpaired) electrons.